The minimum absolute atomic E-state index is 0.236. The Morgan fingerprint density at radius 3 is 2.53 bits per heavy atom. The number of aliphatic hydroxyl groups excluding tert-OH is 2. The highest BCUT2D eigenvalue weighted by molar-refractivity contribution is 5.31. The summed E-state index contributed by atoms with van der Waals surface area (Å²) in [4.78, 5) is 0. The molecule has 0 aromatic heterocycles. The van der Waals surface area contributed by atoms with Gasteiger partial charge in [0, 0.05) is 13.1 Å². The first-order chi connectivity index (χ1) is 7.26. The van der Waals surface area contributed by atoms with Crippen LogP contribution in [0.5, 0.6) is 0 Å². The molecule has 4 nitrogen and oxygen atoms in total. The number of nitrogens with one attached hydrogen (secondary N) is 1. The standard InChI is InChI=1S/C11H14N2O2/c12-5-9-1-3-10(4-2-9)6-13-7-11(15)8-14/h1-4,11,13-15H,6-8H2/t11-/m0/s1. The van der Waals surface area contributed by atoms with E-state index in [0.29, 0.717) is 18.7 Å². The smallest absolute Gasteiger partial charge is 0.0991 e. The lowest BCUT2D eigenvalue weighted by molar-refractivity contribution is 0.0942. The highest BCUT2D eigenvalue weighted by Crippen LogP contribution is 2.02. The van der Waals surface area contributed by atoms with E-state index in [1.807, 2.05) is 18.2 Å². The predicted molar refractivity (Wildman–Crippen MR) is 56.0 cm³/mol. The lowest BCUT2D eigenvalue weighted by Gasteiger charge is -2.08. The molecule has 15 heavy (non-hydrogen) atoms. The Bertz CT molecular complexity index is 329. The van der Waals surface area contributed by atoms with Crippen LogP contribution in [0.15, 0.2) is 24.3 Å². The zero-order valence-corrected chi connectivity index (χ0v) is 8.35. The number of nitrogens with zero attached hydrogens (tertiary/aromatic N) is 1. The number of benzene rings is 1. The van der Waals surface area contributed by atoms with Crippen LogP contribution in [0.4, 0.5) is 0 Å². The molecule has 1 rings (SSSR count). The summed E-state index contributed by atoms with van der Waals surface area (Å²) < 4.78 is 0. The molecule has 4 heteroatoms. The Balaban J connectivity index is 2.35. The second-order valence-corrected chi connectivity index (χ2v) is 3.28. The van der Waals surface area contributed by atoms with Gasteiger partial charge >= 0.3 is 0 Å². The number of hydrogen-bond donors (Lipinski definition) is 3. The van der Waals surface area contributed by atoms with Gasteiger partial charge < -0.3 is 15.5 Å². The van der Waals surface area contributed by atoms with Gasteiger partial charge in [-0.15, -0.1) is 0 Å². The Kier molecular flexibility index (Phi) is 4.78. The Morgan fingerprint density at radius 2 is 2.00 bits per heavy atom. The van der Waals surface area contributed by atoms with Gasteiger partial charge in [0.05, 0.1) is 24.3 Å². The van der Waals surface area contributed by atoms with Crippen LogP contribution in [0.3, 0.4) is 0 Å². The molecule has 0 aliphatic heterocycles. The molecule has 3 N–H and O–H groups in total. The van der Waals surface area contributed by atoms with E-state index in [1.54, 1.807) is 12.1 Å². The minimum atomic E-state index is -0.719. The van der Waals surface area contributed by atoms with E-state index in [4.69, 9.17) is 15.5 Å². The van der Waals surface area contributed by atoms with Crippen molar-refractivity contribution < 1.29 is 10.2 Å². The summed E-state index contributed by atoms with van der Waals surface area (Å²) in [5.74, 6) is 0. The second kappa shape index (κ2) is 6.14. The fourth-order valence-corrected chi connectivity index (χ4v) is 1.14. The molecular formula is C11H14N2O2. The highest BCUT2D eigenvalue weighted by Gasteiger charge is 2.00. The number of nitriles is 1. The zero-order chi connectivity index (χ0) is 11.1. The molecule has 0 bridgehead atoms. The fourth-order valence-electron chi connectivity index (χ4n) is 1.14. The molecule has 0 amide bonds. The fraction of sp³-hybridized carbons (Fsp3) is 0.364. The summed E-state index contributed by atoms with van der Waals surface area (Å²) in [7, 11) is 0. The first kappa shape index (κ1) is 11.7. The van der Waals surface area contributed by atoms with Crippen LogP contribution >= 0.6 is 0 Å². The molecule has 0 radical (unpaired) electrons. The normalized spacial score (nSPS) is 12.1. The third-order valence-electron chi connectivity index (χ3n) is 2.00. The van der Waals surface area contributed by atoms with Gasteiger partial charge in [-0.25, -0.2) is 0 Å². The summed E-state index contributed by atoms with van der Waals surface area (Å²) in [6.45, 7) is 0.736. The van der Waals surface area contributed by atoms with Gasteiger partial charge in [-0.1, -0.05) is 12.1 Å². The van der Waals surface area contributed by atoms with Crippen molar-refractivity contribution >= 4 is 0 Å². The monoisotopic (exact) mass is 206 g/mol. The summed E-state index contributed by atoms with van der Waals surface area (Å²) in [6.07, 6.45) is -0.719. The van der Waals surface area contributed by atoms with Gasteiger partial charge in [-0.2, -0.15) is 5.26 Å². The van der Waals surface area contributed by atoms with Crippen LogP contribution in [0.1, 0.15) is 11.1 Å². The summed E-state index contributed by atoms with van der Waals surface area (Å²) in [6, 6.07) is 9.26. The third kappa shape index (κ3) is 4.09. The minimum Gasteiger partial charge on any atom is -0.394 e. The zero-order valence-electron chi connectivity index (χ0n) is 8.35. The summed E-state index contributed by atoms with van der Waals surface area (Å²) >= 11 is 0. The molecule has 1 aromatic carbocycles. The van der Waals surface area contributed by atoms with E-state index in [9.17, 15) is 0 Å². The topological polar surface area (TPSA) is 76.3 Å². The average molecular weight is 206 g/mol. The number of hydrogen-bond acceptors (Lipinski definition) is 4. The first-order valence-electron chi connectivity index (χ1n) is 4.75. The van der Waals surface area contributed by atoms with Crippen LogP contribution in [-0.4, -0.2) is 29.5 Å². The SMILES string of the molecule is N#Cc1ccc(CNC[C@H](O)CO)cc1. The lowest BCUT2D eigenvalue weighted by atomic mass is 10.1. The van der Waals surface area contributed by atoms with Crippen molar-refractivity contribution in [3.8, 4) is 6.07 Å². The molecule has 0 saturated heterocycles. The number of rotatable bonds is 5. The Labute approximate surface area is 88.8 Å². The predicted octanol–water partition coefficient (Wildman–Crippen LogP) is 0.00108. The molecular weight excluding hydrogens is 192 g/mol. The molecule has 0 aliphatic rings. The van der Waals surface area contributed by atoms with Crippen molar-refractivity contribution in [2.45, 2.75) is 12.6 Å². The maximum absolute atomic E-state index is 9.06. The summed E-state index contributed by atoms with van der Waals surface area (Å²) in [5, 5.41) is 29.2. The second-order valence-electron chi connectivity index (χ2n) is 3.28. The van der Waals surface area contributed by atoms with E-state index in [-0.39, 0.29) is 6.61 Å². The van der Waals surface area contributed by atoms with Gasteiger partial charge in [-0.3, -0.25) is 0 Å². The largest absolute Gasteiger partial charge is 0.394 e. The van der Waals surface area contributed by atoms with Crippen LogP contribution in [0.2, 0.25) is 0 Å². The Morgan fingerprint density at radius 1 is 1.33 bits per heavy atom. The van der Waals surface area contributed by atoms with Crippen LogP contribution in [0.25, 0.3) is 0 Å². The molecule has 0 spiro atoms. The molecule has 0 unspecified atom stereocenters. The van der Waals surface area contributed by atoms with Crippen LogP contribution in [0, 0.1) is 11.3 Å². The molecule has 1 aromatic rings. The molecule has 1 atom stereocenters. The Hall–Kier alpha value is -1.41. The van der Waals surface area contributed by atoms with E-state index in [1.165, 1.54) is 0 Å². The molecule has 0 aliphatic carbocycles. The molecule has 0 fully saturated rings. The first-order valence-corrected chi connectivity index (χ1v) is 4.75. The maximum atomic E-state index is 9.06. The van der Waals surface area contributed by atoms with Crippen molar-refractivity contribution in [2.24, 2.45) is 0 Å². The average Bonchev–Trinajstić information content (AvgIpc) is 2.29. The molecule has 0 heterocycles. The van der Waals surface area contributed by atoms with Crippen molar-refractivity contribution in [2.75, 3.05) is 13.2 Å². The van der Waals surface area contributed by atoms with Crippen molar-refractivity contribution in [1.29, 1.82) is 5.26 Å². The maximum Gasteiger partial charge on any atom is 0.0991 e. The lowest BCUT2D eigenvalue weighted by Crippen LogP contribution is -2.28. The van der Waals surface area contributed by atoms with Crippen molar-refractivity contribution in [3.05, 3.63) is 35.4 Å². The van der Waals surface area contributed by atoms with E-state index in [2.05, 4.69) is 5.32 Å². The van der Waals surface area contributed by atoms with E-state index >= 15 is 0 Å². The van der Waals surface area contributed by atoms with Crippen molar-refractivity contribution in [1.82, 2.24) is 5.32 Å². The molecule has 0 saturated carbocycles. The van der Waals surface area contributed by atoms with E-state index in [0.717, 1.165) is 5.56 Å². The molecule has 80 valence electrons. The highest BCUT2D eigenvalue weighted by atomic mass is 16.3. The summed E-state index contributed by atoms with van der Waals surface area (Å²) in [5.41, 5.74) is 1.67. The van der Waals surface area contributed by atoms with Crippen molar-refractivity contribution in [3.63, 3.8) is 0 Å². The number of aliphatic hydroxyl groups is 2. The van der Waals surface area contributed by atoms with Gasteiger partial charge in [-0.05, 0) is 17.7 Å². The van der Waals surface area contributed by atoms with Gasteiger partial charge in [0.2, 0.25) is 0 Å². The van der Waals surface area contributed by atoms with Crippen LogP contribution in [-0.2, 0) is 6.54 Å². The van der Waals surface area contributed by atoms with Gasteiger partial charge in [0.1, 0.15) is 0 Å². The van der Waals surface area contributed by atoms with E-state index < -0.39 is 6.10 Å². The van der Waals surface area contributed by atoms with Gasteiger partial charge in [0.15, 0.2) is 0 Å². The quantitative estimate of drug-likeness (QED) is 0.634. The third-order valence-corrected chi connectivity index (χ3v) is 2.00. The van der Waals surface area contributed by atoms with Crippen LogP contribution < -0.4 is 5.32 Å². The van der Waals surface area contributed by atoms with Gasteiger partial charge in [0.25, 0.3) is 0 Å².